The second kappa shape index (κ2) is 9.33. The molecule has 0 fully saturated rings. The zero-order valence-corrected chi connectivity index (χ0v) is 18.9. The van der Waals surface area contributed by atoms with E-state index in [0.29, 0.717) is 0 Å². The maximum Gasteiger partial charge on any atom is 0.171 e. The molecule has 4 rings (SSSR count). The van der Waals surface area contributed by atoms with Crippen molar-refractivity contribution in [3.8, 4) is 0 Å². The van der Waals surface area contributed by atoms with Crippen LogP contribution in [0.3, 0.4) is 0 Å². The summed E-state index contributed by atoms with van der Waals surface area (Å²) in [6.07, 6.45) is 2.89. The lowest BCUT2D eigenvalue weighted by Gasteiger charge is -2.23. The third-order valence-corrected chi connectivity index (χ3v) is 8.75. The van der Waals surface area contributed by atoms with Gasteiger partial charge >= 0.3 is 0 Å². The van der Waals surface area contributed by atoms with Crippen molar-refractivity contribution in [2.75, 3.05) is 0 Å². The van der Waals surface area contributed by atoms with Gasteiger partial charge in [0.05, 0.1) is 0 Å². The van der Waals surface area contributed by atoms with Gasteiger partial charge in [0.2, 0.25) is 0 Å². The van der Waals surface area contributed by atoms with Gasteiger partial charge in [0.15, 0.2) is 7.14 Å². The van der Waals surface area contributed by atoms with E-state index in [0.717, 1.165) is 27.9 Å². The number of rotatable bonds is 6. The van der Waals surface area contributed by atoms with Crippen LogP contribution < -0.4 is 10.6 Å². The van der Waals surface area contributed by atoms with Gasteiger partial charge in [-0.2, -0.15) is 0 Å². The molecule has 0 N–H and O–H groups in total. The lowest BCUT2D eigenvalue weighted by atomic mass is 10.1. The van der Waals surface area contributed by atoms with Crippen molar-refractivity contribution in [2.24, 2.45) is 0 Å². The summed E-state index contributed by atoms with van der Waals surface area (Å²) in [5, 5.41) is 2.61. The molecular weight excluding hydrogens is 395 g/mol. The Hall–Kier alpha value is -3.15. The van der Waals surface area contributed by atoms with E-state index in [1.807, 2.05) is 60.7 Å². The quantitative estimate of drug-likeness (QED) is 0.309. The third-order valence-electron chi connectivity index (χ3n) is 5.58. The lowest BCUT2D eigenvalue weighted by molar-refractivity contribution is 0.593. The summed E-state index contributed by atoms with van der Waals surface area (Å²) >= 11 is 0. The number of benzene rings is 4. The molecule has 0 aliphatic carbocycles. The fourth-order valence-electron chi connectivity index (χ4n) is 3.79. The molecule has 0 radical (unpaired) electrons. The molecule has 0 bridgehead atoms. The molecule has 0 heterocycles. The molecule has 0 aliphatic heterocycles. The number of hydrogen-bond acceptors (Lipinski definition) is 1. The van der Waals surface area contributed by atoms with Crippen LogP contribution in [-0.2, 0) is 11.0 Å². The Morgan fingerprint density at radius 1 is 0.645 bits per heavy atom. The minimum Gasteiger partial charge on any atom is -0.309 e. The van der Waals surface area contributed by atoms with E-state index in [9.17, 15) is 0 Å². The highest BCUT2D eigenvalue weighted by molar-refractivity contribution is 7.87. The first-order valence-corrected chi connectivity index (χ1v) is 12.3. The molecular formula is C29H27OP. The van der Waals surface area contributed by atoms with Crippen LogP contribution in [0, 0.1) is 13.8 Å². The van der Waals surface area contributed by atoms with Gasteiger partial charge in [-0.3, -0.25) is 0 Å². The van der Waals surface area contributed by atoms with E-state index in [2.05, 4.69) is 68.5 Å². The molecule has 0 unspecified atom stereocenters. The molecule has 0 saturated carbocycles. The van der Waals surface area contributed by atoms with Crippen molar-refractivity contribution >= 4 is 23.1 Å². The summed E-state index contributed by atoms with van der Waals surface area (Å²) in [6.45, 7) is 4.17. The average Bonchev–Trinajstić information content (AvgIpc) is 2.82. The van der Waals surface area contributed by atoms with E-state index in [4.69, 9.17) is 0 Å². The smallest absolute Gasteiger partial charge is 0.171 e. The Bertz CT molecular complexity index is 1160. The van der Waals surface area contributed by atoms with Gasteiger partial charge in [0.1, 0.15) is 0 Å². The Kier molecular flexibility index (Phi) is 6.35. The summed E-state index contributed by atoms with van der Waals surface area (Å²) in [6, 6.07) is 36.7. The Morgan fingerprint density at radius 3 is 1.58 bits per heavy atom. The van der Waals surface area contributed by atoms with Crippen LogP contribution in [0.15, 0.2) is 115 Å². The van der Waals surface area contributed by atoms with Crippen LogP contribution in [0.25, 0.3) is 5.31 Å². The number of hydrogen-bond donors (Lipinski definition) is 0. The van der Waals surface area contributed by atoms with Gasteiger partial charge in [0.25, 0.3) is 0 Å². The number of allylic oxidation sites excluding steroid dienone is 1. The first-order chi connectivity index (χ1) is 15.1. The zero-order valence-electron chi connectivity index (χ0n) is 18.0. The van der Waals surface area contributed by atoms with E-state index in [1.54, 1.807) is 0 Å². The topological polar surface area (TPSA) is 17.1 Å². The fourth-order valence-corrected chi connectivity index (χ4v) is 6.69. The summed E-state index contributed by atoms with van der Waals surface area (Å²) in [5.74, 6) is 0. The second-order valence-electron chi connectivity index (χ2n) is 7.93. The van der Waals surface area contributed by atoms with Gasteiger partial charge in [-0.15, -0.1) is 0 Å². The van der Waals surface area contributed by atoms with Crippen molar-refractivity contribution in [1.29, 1.82) is 0 Å². The standard InChI is InChI=1S/C29H27OP/c1-23-13-17-25(18-14-23)19-22-29(26-20-15-24(2)16-21-26)31(30,27-9-5-3-6-10-27)28-11-7-4-8-12-28/h3-18,20-22H,19H2,1-2H3. The van der Waals surface area contributed by atoms with Crippen molar-refractivity contribution in [3.63, 3.8) is 0 Å². The van der Waals surface area contributed by atoms with E-state index >= 15 is 4.57 Å². The van der Waals surface area contributed by atoms with Gasteiger partial charge < -0.3 is 4.57 Å². The Labute approximate surface area is 185 Å². The molecule has 0 amide bonds. The summed E-state index contributed by atoms with van der Waals surface area (Å²) in [5.41, 5.74) is 4.65. The first kappa shape index (κ1) is 21.1. The molecule has 154 valence electrons. The van der Waals surface area contributed by atoms with Crippen molar-refractivity contribution < 1.29 is 4.57 Å². The molecule has 4 aromatic rings. The van der Waals surface area contributed by atoms with Crippen molar-refractivity contribution in [2.45, 2.75) is 20.3 Å². The van der Waals surface area contributed by atoms with Crippen molar-refractivity contribution in [1.82, 2.24) is 0 Å². The van der Waals surface area contributed by atoms with Crippen LogP contribution in [0.1, 0.15) is 22.3 Å². The lowest BCUT2D eigenvalue weighted by Crippen LogP contribution is -2.17. The van der Waals surface area contributed by atoms with Gasteiger partial charge in [-0.25, -0.2) is 0 Å². The first-order valence-electron chi connectivity index (χ1n) is 10.6. The van der Waals surface area contributed by atoms with E-state index in [1.165, 1.54) is 16.7 Å². The van der Waals surface area contributed by atoms with Crippen molar-refractivity contribution in [3.05, 3.63) is 138 Å². The van der Waals surface area contributed by atoms with Crippen LogP contribution >= 0.6 is 7.14 Å². The Morgan fingerprint density at radius 2 is 1.10 bits per heavy atom. The molecule has 1 nitrogen and oxygen atoms in total. The summed E-state index contributed by atoms with van der Waals surface area (Å²) < 4.78 is 15.0. The monoisotopic (exact) mass is 422 g/mol. The van der Waals surface area contributed by atoms with Gasteiger partial charge in [0, 0.05) is 15.9 Å². The van der Waals surface area contributed by atoms with Crippen LogP contribution in [0.2, 0.25) is 0 Å². The predicted molar refractivity (Wildman–Crippen MR) is 134 cm³/mol. The molecule has 2 heteroatoms. The van der Waals surface area contributed by atoms with Crippen LogP contribution in [-0.4, -0.2) is 0 Å². The molecule has 0 saturated heterocycles. The van der Waals surface area contributed by atoms with Gasteiger partial charge in [-0.1, -0.05) is 126 Å². The third kappa shape index (κ3) is 4.63. The highest BCUT2D eigenvalue weighted by Gasteiger charge is 2.32. The second-order valence-corrected chi connectivity index (χ2v) is 10.7. The van der Waals surface area contributed by atoms with Crippen LogP contribution in [0.5, 0.6) is 0 Å². The molecule has 0 atom stereocenters. The SMILES string of the molecule is Cc1ccc(CC=C(c2ccc(C)cc2)P(=O)(c2ccccc2)c2ccccc2)cc1. The van der Waals surface area contributed by atoms with E-state index in [-0.39, 0.29) is 0 Å². The highest BCUT2D eigenvalue weighted by Crippen LogP contribution is 2.56. The normalized spacial score (nSPS) is 12.0. The molecule has 31 heavy (non-hydrogen) atoms. The molecule has 0 aliphatic rings. The predicted octanol–water partition coefficient (Wildman–Crippen LogP) is 6.90. The minimum atomic E-state index is -3.06. The highest BCUT2D eigenvalue weighted by atomic mass is 31.2. The van der Waals surface area contributed by atoms with E-state index < -0.39 is 7.14 Å². The summed E-state index contributed by atoms with van der Waals surface area (Å²) in [4.78, 5) is 0. The molecule has 0 aromatic heterocycles. The molecule has 4 aromatic carbocycles. The largest absolute Gasteiger partial charge is 0.309 e. The Balaban J connectivity index is 1.92. The maximum atomic E-state index is 15.0. The zero-order chi connectivity index (χ0) is 21.7. The maximum absolute atomic E-state index is 15.0. The van der Waals surface area contributed by atoms with Gasteiger partial charge in [-0.05, 0) is 31.4 Å². The minimum absolute atomic E-state index is 0.729. The van der Waals surface area contributed by atoms with Crippen LogP contribution in [0.4, 0.5) is 0 Å². The molecule has 0 spiro atoms. The number of aryl methyl sites for hydroxylation is 2. The average molecular weight is 423 g/mol. The summed E-state index contributed by atoms with van der Waals surface area (Å²) in [7, 11) is -3.06. The fraction of sp³-hybridized carbons (Fsp3) is 0.103.